The van der Waals surface area contributed by atoms with Gasteiger partial charge in [0.25, 0.3) is 5.91 Å². The maximum Gasteiger partial charge on any atom is 0.255 e. The van der Waals surface area contributed by atoms with E-state index in [0.29, 0.717) is 43.8 Å². The van der Waals surface area contributed by atoms with E-state index in [9.17, 15) is 19.2 Å². The van der Waals surface area contributed by atoms with Crippen molar-refractivity contribution in [2.75, 3.05) is 6.54 Å². The molecule has 0 bridgehead atoms. The molecule has 0 spiro atoms. The fraction of sp³-hybridized carbons (Fsp3) is 0.245. The van der Waals surface area contributed by atoms with Gasteiger partial charge in [-0.05, 0) is 103 Å². The summed E-state index contributed by atoms with van der Waals surface area (Å²) in [7, 11) is 0. The van der Waals surface area contributed by atoms with Crippen molar-refractivity contribution >= 4 is 45.8 Å². The van der Waals surface area contributed by atoms with Crippen molar-refractivity contribution in [3.63, 3.8) is 0 Å². The largest absolute Gasteiger partial charge is 0.361 e. The first-order chi connectivity index (χ1) is 29.5. The minimum Gasteiger partial charge on any atom is -0.361 e. The summed E-state index contributed by atoms with van der Waals surface area (Å²) in [6.07, 6.45) is 7.66. The van der Waals surface area contributed by atoms with Gasteiger partial charge in [0.05, 0.1) is 11.4 Å². The van der Waals surface area contributed by atoms with Crippen molar-refractivity contribution in [1.82, 2.24) is 35.6 Å². The second kappa shape index (κ2) is 17.1. The third-order valence-corrected chi connectivity index (χ3v) is 11.3. The van der Waals surface area contributed by atoms with E-state index in [0.717, 1.165) is 66.9 Å². The summed E-state index contributed by atoms with van der Waals surface area (Å²) in [4.78, 5) is 60.5. The monoisotopic (exact) mass is 811 g/mol. The van der Waals surface area contributed by atoms with Gasteiger partial charge < -0.3 is 19.7 Å². The van der Waals surface area contributed by atoms with E-state index in [-0.39, 0.29) is 18.2 Å². The van der Waals surface area contributed by atoms with Crippen LogP contribution in [0.4, 0.5) is 0 Å². The summed E-state index contributed by atoms with van der Waals surface area (Å²) in [6, 6.07) is 22.0. The van der Waals surface area contributed by atoms with Crippen molar-refractivity contribution in [2.45, 2.75) is 72.4 Å². The van der Waals surface area contributed by atoms with E-state index in [1.807, 2.05) is 45.3 Å². The molecule has 0 radical (unpaired) electrons. The molecule has 3 aromatic carbocycles. The second-order valence-corrected chi connectivity index (χ2v) is 15.7. The number of carbonyl (C=O) groups excluding carboxylic acids is 4. The highest BCUT2D eigenvalue weighted by atomic mass is 16.5. The maximum atomic E-state index is 12.7. The Labute approximate surface area is 353 Å². The molecule has 2 aliphatic heterocycles. The predicted molar refractivity (Wildman–Crippen MR) is 234 cm³/mol. The number of nitrogens with one attached hydrogen (secondary N) is 3. The highest BCUT2D eigenvalue weighted by Crippen LogP contribution is 2.40. The SMILES string of the molecule is Cc1ccc(-c2cc3cccc(-c4cc(C(C)C)c5[nH]cc(-c6c(C)noc6C)c5c4)c3cn2)cn1.O=CNCCC#Cc1cccc2c1CN(C1CCC(=O)NC1=O)C2=O. The van der Waals surface area contributed by atoms with Crippen LogP contribution in [0, 0.1) is 32.6 Å². The topological polar surface area (TPSA) is 163 Å². The van der Waals surface area contributed by atoms with Crippen LogP contribution in [-0.2, 0) is 20.9 Å². The average molecular weight is 812 g/mol. The zero-order valence-corrected chi connectivity index (χ0v) is 34.7. The van der Waals surface area contributed by atoms with Crippen LogP contribution in [0.1, 0.15) is 83.2 Å². The lowest BCUT2D eigenvalue weighted by Crippen LogP contribution is -2.52. The summed E-state index contributed by atoms with van der Waals surface area (Å²) in [5.74, 6) is 6.24. The van der Waals surface area contributed by atoms with Gasteiger partial charge in [0, 0.05) is 94.3 Å². The molecule has 1 atom stereocenters. The Hall–Kier alpha value is -7.39. The van der Waals surface area contributed by atoms with E-state index >= 15 is 0 Å². The van der Waals surface area contributed by atoms with Gasteiger partial charge in [0.2, 0.25) is 18.2 Å². The lowest BCUT2D eigenvalue weighted by Gasteiger charge is -2.29. The molecule has 4 aromatic heterocycles. The number of benzene rings is 3. The number of rotatable bonds is 8. The Morgan fingerprint density at radius 2 is 1.75 bits per heavy atom. The van der Waals surface area contributed by atoms with Crippen LogP contribution < -0.4 is 10.6 Å². The van der Waals surface area contributed by atoms with E-state index in [4.69, 9.17) is 9.51 Å². The molecule has 0 saturated carbocycles. The highest BCUT2D eigenvalue weighted by molar-refractivity contribution is 6.06. The molecule has 12 nitrogen and oxygen atoms in total. The van der Waals surface area contributed by atoms with Crippen molar-refractivity contribution in [2.24, 2.45) is 0 Å². The molecule has 2 aliphatic rings. The van der Waals surface area contributed by atoms with Gasteiger partial charge >= 0.3 is 0 Å². The normalized spacial score (nSPS) is 14.7. The number of amides is 4. The number of aromatic nitrogens is 4. The summed E-state index contributed by atoms with van der Waals surface area (Å²) in [5, 5.41) is 12.5. The van der Waals surface area contributed by atoms with Gasteiger partial charge in [0.1, 0.15) is 11.8 Å². The zero-order valence-electron chi connectivity index (χ0n) is 34.7. The van der Waals surface area contributed by atoms with Crippen LogP contribution in [0.2, 0.25) is 0 Å². The molecule has 0 aliphatic carbocycles. The van der Waals surface area contributed by atoms with Crippen LogP contribution >= 0.6 is 0 Å². The molecule has 9 rings (SSSR count). The Balaban J connectivity index is 0.000000181. The molecule has 4 amide bonds. The highest BCUT2D eigenvalue weighted by Gasteiger charge is 2.39. The van der Waals surface area contributed by atoms with Crippen molar-refractivity contribution < 1.29 is 23.7 Å². The Morgan fingerprint density at radius 1 is 0.934 bits per heavy atom. The van der Waals surface area contributed by atoms with E-state index < -0.39 is 11.9 Å². The number of hydrogen-bond acceptors (Lipinski definition) is 8. The van der Waals surface area contributed by atoms with Gasteiger partial charge in [-0.15, -0.1) is 0 Å². The lowest BCUT2D eigenvalue weighted by atomic mass is 9.91. The second-order valence-electron chi connectivity index (χ2n) is 15.7. The van der Waals surface area contributed by atoms with Gasteiger partial charge in [0.15, 0.2) is 0 Å². The molecule has 12 heteroatoms. The van der Waals surface area contributed by atoms with Crippen molar-refractivity contribution in [3.05, 3.63) is 125 Å². The fourth-order valence-electron chi connectivity index (χ4n) is 8.20. The number of carbonyl (C=O) groups is 4. The lowest BCUT2D eigenvalue weighted by molar-refractivity contribution is -0.137. The molecule has 1 fully saturated rings. The Morgan fingerprint density at radius 3 is 2.49 bits per heavy atom. The van der Waals surface area contributed by atoms with Crippen molar-refractivity contribution in [3.8, 4) is 45.4 Å². The number of imide groups is 1. The number of H-pyrrole nitrogens is 1. The average Bonchev–Trinajstić information content (AvgIpc) is 3.94. The Bertz CT molecular complexity index is 2900. The maximum absolute atomic E-state index is 12.7. The first-order valence-electron chi connectivity index (χ1n) is 20.3. The van der Waals surface area contributed by atoms with E-state index in [1.54, 1.807) is 12.1 Å². The number of nitrogens with zero attached hydrogens (tertiary/aromatic N) is 4. The molecule has 7 aromatic rings. The standard InChI is InChI=1S/C31H28N4O.C18H17N3O4/c1-17(2)25-11-23(12-26-28(16-34-31(25)26)30-19(4)35-36-20(30)5)24-8-6-7-21-13-29(33-15-27(21)24)22-10-9-18(3)32-14-22;22-11-19-9-2-1-4-12-5-3-6-13-14(12)10-21(18(13)25)15-7-8-16(23)20-17(15)24/h6-17,34H,1-5H3;3,5-6,11,15H,2,7-10H2,(H,19,22)(H,20,23,24). The minimum absolute atomic E-state index is 0.212. The predicted octanol–water partition coefficient (Wildman–Crippen LogP) is 8.08. The first-order valence-corrected chi connectivity index (χ1v) is 20.3. The number of piperidine rings is 1. The van der Waals surface area contributed by atoms with Gasteiger partial charge in [-0.25, -0.2) is 0 Å². The van der Waals surface area contributed by atoms with Crippen LogP contribution in [-0.4, -0.2) is 61.7 Å². The van der Waals surface area contributed by atoms with Crippen LogP contribution in [0.15, 0.2) is 89.8 Å². The molecule has 61 heavy (non-hydrogen) atoms. The van der Waals surface area contributed by atoms with Crippen molar-refractivity contribution in [1.29, 1.82) is 0 Å². The molecular formula is C49H45N7O5. The molecule has 3 N–H and O–H groups in total. The van der Waals surface area contributed by atoms with Crippen LogP contribution in [0.3, 0.4) is 0 Å². The van der Waals surface area contributed by atoms with Crippen LogP contribution in [0.25, 0.3) is 55.2 Å². The number of aryl methyl sites for hydroxylation is 3. The summed E-state index contributed by atoms with van der Waals surface area (Å²) < 4.78 is 5.50. The number of fused-ring (bicyclic) bond motifs is 3. The molecule has 306 valence electrons. The molecule has 1 saturated heterocycles. The van der Waals surface area contributed by atoms with Gasteiger partial charge in [-0.1, -0.05) is 55.1 Å². The summed E-state index contributed by atoms with van der Waals surface area (Å²) >= 11 is 0. The van der Waals surface area contributed by atoms with Gasteiger partial charge in [-0.3, -0.25) is 34.5 Å². The number of pyridine rings is 2. The fourth-order valence-corrected chi connectivity index (χ4v) is 8.20. The zero-order chi connectivity index (χ0) is 42.8. The molecular weight excluding hydrogens is 767 g/mol. The molecule has 6 heterocycles. The van der Waals surface area contributed by atoms with E-state index in [2.05, 4.69) is 100 Å². The quantitative estimate of drug-likeness (QED) is 0.0601. The first kappa shape index (κ1) is 40.4. The summed E-state index contributed by atoms with van der Waals surface area (Å²) in [6.45, 7) is 11.2. The van der Waals surface area contributed by atoms with Gasteiger partial charge in [-0.2, -0.15) is 0 Å². The van der Waals surface area contributed by atoms with Crippen LogP contribution in [0.5, 0.6) is 0 Å². The number of hydrogen-bond donors (Lipinski definition) is 3. The van der Waals surface area contributed by atoms with E-state index in [1.165, 1.54) is 27.0 Å². The minimum atomic E-state index is -0.629. The molecule has 1 unspecified atom stereocenters. The third-order valence-electron chi connectivity index (χ3n) is 11.3. The summed E-state index contributed by atoms with van der Waals surface area (Å²) in [5.41, 5.74) is 12.9. The number of aromatic amines is 1. The third kappa shape index (κ3) is 8.02. The Kier molecular flexibility index (Phi) is 11.3. The smallest absolute Gasteiger partial charge is 0.255 e.